The van der Waals surface area contributed by atoms with Crippen molar-refractivity contribution in [2.75, 3.05) is 7.11 Å². The van der Waals surface area contributed by atoms with Gasteiger partial charge in [0.1, 0.15) is 11.4 Å². The van der Waals surface area contributed by atoms with Crippen molar-refractivity contribution in [2.45, 2.75) is 0 Å². The summed E-state index contributed by atoms with van der Waals surface area (Å²) in [6.45, 7) is 0. The molecule has 0 N–H and O–H groups in total. The molecule has 1 radical (unpaired) electrons. The SMILES string of the molecule is COc1ccc(-n2cc(Cl)c3c[c]cnc32)cc1. The highest BCUT2D eigenvalue weighted by molar-refractivity contribution is 6.35. The van der Waals surface area contributed by atoms with Crippen LogP contribution < -0.4 is 4.74 Å². The standard InChI is InChI=1S/C14H10ClN2O/c1-18-11-6-4-10(5-7-11)17-9-13(15)12-3-2-8-16-14(12)17/h3-9H,1H3. The number of benzene rings is 1. The third kappa shape index (κ3) is 1.73. The van der Waals surface area contributed by atoms with Gasteiger partial charge in [-0.15, -0.1) is 0 Å². The second-order valence-corrected chi connectivity index (χ2v) is 4.26. The molecule has 0 amide bonds. The van der Waals surface area contributed by atoms with Gasteiger partial charge in [-0.25, -0.2) is 4.98 Å². The van der Waals surface area contributed by atoms with E-state index in [2.05, 4.69) is 11.1 Å². The lowest BCUT2D eigenvalue weighted by atomic mass is 10.3. The molecule has 0 atom stereocenters. The number of hydrogen-bond donors (Lipinski definition) is 0. The van der Waals surface area contributed by atoms with Crippen LogP contribution in [-0.2, 0) is 0 Å². The Hall–Kier alpha value is -2.00. The third-order valence-corrected chi connectivity index (χ3v) is 3.11. The Bertz CT molecular complexity index is 689. The lowest BCUT2D eigenvalue weighted by Gasteiger charge is -2.05. The first-order valence-electron chi connectivity index (χ1n) is 5.46. The first kappa shape index (κ1) is 11.1. The number of aromatic nitrogens is 2. The maximum absolute atomic E-state index is 6.18. The highest BCUT2D eigenvalue weighted by atomic mass is 35.5. The Morgan fingerprint density at radius 2 is 2.06 bits per heavy atom. The number of nitrogens with zero attached hydrogens (tertiary/aromatic N) is 2. The van der Waals surface area contributed by atoms with Gasteiger partial charge in [0, 0.05) is 29.5 Å². The summed E-state index contributed by atoms with van der Waals surface area (Å²) in [5.74, 6) is 0.822. The summed E-state index contributed by atoms with van der Waals surface area (Å²) in [4.78, 5) is 4.31. The average molecular weight is 258 g/mol. The van der Waals surface area contributed by atoms with Crippen LogP contribution in [0.25, 0.3) is 16.7 Å². The quantitative estimate of drug-likeness (QED) is 0.703. The molecule has 0 saturated heterocycles. The molecule has 0 spiro atoms. The molecule has 0 saturated carbocycles. The lowest BCUT2D eigenvalue weighted by molar-refractivity contribution is 0.415. The lowest BCUT2D eigenvalue weighted by Crippen LogP contribution is -1.93. The van der Waals surface area contributed by atoms with Crippen LogP contribution in [0.15, 0.2) is 42.7 Å². The minimum atomic E-state index is 0.671. The highest BCUT2D eigenvalue weighted by Crippen LogP contribution is 2.27. The normalized spacial score (nSPS) is 10.8. The van der Waals surface area contributed by atoms with E-state index in [1.54, 1.807) is 13.3 Å². The molecule has 0 aliphatic heterocycles. The van der Waals surface area contributed by atoms with Crippen molar-refractivity contribution in [3.63, 3.8) is 0 Å². The Morgan fingerprint density at radius 1 is 1.28 bits per heavy atom. The van der Waals surface area contributed by atoms with E-state index in [9.17, 15) is 0 Å². The van der Waals surface area contributed by atoms with Gasteiger partial charge in [-0.05, 0) is 30.3 Å². The first-order valence-corrected chi connectivity index (χ1v) is 5.84. The maximum Gasteiger partial charge on any atom is 0.145 e. The zero-order chi connectivity index (χ0) is 12.5. The molecule has 1 aromatic carbocycles. The molecule has 4 heteroatoms. The van der Waals surface area contributed by atoms with Crippen LogP contribution in [0, 0.1) is 6.07 Å². The van der Waals surface area contributed by atoms with Crippen LogP contribution in [0.2, 0.25) is 5.02 Å². The van der Waals surface area contributed by atoms with E-state index in [0.29, 0.717) is 5.02 Å². The van der Waals surface area contributed by atoms with E-state index >= 15 is 0 Å². The smallest absolute Gasteiger partial charge is 0.145 e. The van der Waals surface area contributed by atoms with Crippen molar-refractivity contribution >= 4 is 22.6 Å². The Morgan fingerprint density at radius 3 is 2.78 bits per heavy atom. The van der Waals surface area contributed by atoms with E-state index in [4.69, 9.17) is 16.3 Å². The summed E-state index contributed by atoms with van der Waals surface area (Å²) in [5.41, 5.74) is 1.82. The predicted octanol–water partition coefficient (Wildman–Crippen LogP) is 3.49. The van der Waals surface area contributed by atoms with Gasteiger partial charge >= 0.3 is 0 Å². The Labute approximate surface area is 110 Å². The highest BCUT2D eigenvalue weighted by Gasteiger charge is 2.08. The van der Waals surface area contributed by atoms with Crippen molar-refractivity contribution in [3.8, 4) is 11.4 Å². The number of pyridine rings is 1. The molecule has 89 valence electrons. The van der Waals surface area contributed by atoms with E-state index in [0.717, 1.165) is 22.5 Å². The van der Waals surface area contributed by atoms with Gasteiger partial charge in [-0.3, -0.25) is 4.57 Å². The topological polar surface area (TPSA) is 27.1 Å². The first-order chi connectivity index (χ1) is 8.79. The van der Waals surface area contributed by atoms with E-state index in [1.165, 1.54) is 0 Å². The minimum Gasteiger partial charge on any atom is -0.497 e. The fraction of sp³-hybridized carbons (Fsp3) is 0.0714. The summed E-state index contributed by atoms with van der Waals surface area (Å²) in [5, 5.41) is 1.57. The summed E-state index contributed by atoms with van der Waals surface area (Å²) in [6, 6.07) is 12.5. The van der Waals surface area contributed by atoms with Crippen molar-refractivity contribution < 1.29 is 4.74 Å². The average Bonchev–Trinajstić information content (AvgIpc) is 2.77. The molecule has 0 aliphatic rings. The van der Waals surface area contributed by atoms with Crippen molar-refractivity contribution in [2.24, 2.45) is 0 Å². The van der Waals surface area contributed by atoms with Gasteiger partial charge < -0.3 is 4.74 Å². The molecule has 0 aliphatic carbocycles. The van der Waals surface area contributed by atoms with Crippen molar-refractivity contribution in [3.05, 3.63) is 53.8 Å². The molecule has 0 fully saturated rings. The van der Waals surface area contributed by atoms with Crippen molar-refractivity contribution in [1.29, 1.82) is 0 Å². The second kappa shape index (κ2) is 4.35. The maximum atomic E-state index is 6.18. The fourth-order valence-electron chi connectivity index (χ4n) is 1.90. The third-order valence-electron chi connectivity index (χ3n) is 2.81. The van der Waals surface area contributed by atoms with E-state index in [-0.39, 0.29) is 0 Å². The van der Waals surface area contributed by atoms with Crippen LogP contribution in [0.5, 0.6) is 5.75 Å². The number of hydrogen-bond acceptors (Lipinski definition) is 2. The number of rotatable bonds is 2. The molecule has 3 nitrogen and oxygen atoms in total. The molecule has 3 rings (SSSR count). The molecule has 2 heterocycles. The zero-order valence-corrected chi connectivity index (χ0v) is 10.5. The largest absolute Gasteiger partial charge is 0.497 e. The summed E-state index contributed by atoms with van der Waals surface area (Å²) >= 11 is 6.18. The number of halogens is 1. The van der Waals surface area contributed by atoms with Gasteiger partial charge in [-0.1, -0.05) is 11.6 Å². The minimum absolute atomic E-state index is 0.671. The molecule has 2 aromatic heterocycles. The summed E-state index contributed by atoms with van der Waals surface area (Å²) in [7, 11) is 1.65. The molecular weight excluding hydrogens is 248 g/mol. The van der Waals surface area contributed by atoms with Crippen LogP contribution in [0.4, 0.5) is 0 Å². The Balaban J connectivity index is 2.18. The van der Waals surface area contributed by atoms with Crippen LogP contribution >= 0.6 is 11.6 Å². The van der Waals surface area contributed by atoms with E-state index < -0.39 is 0 Å². The fourth-order valence-corrected chi connectivity index (χ4v) is 2.14. The summed E-state index contributed by atoms with van der Waals surface area (Å²) < 4.78 is 7.09. The number of fused-ring (bicyclic) bond motifs is 1. The van der Waals surface area contributed by atoms with Gasteiger partial charge in [0.15, 0.2) is 0 Å². The molecular formula is C14H10ClN2O. The van der Waals surface area contributed by atoms with Gasteiger partial charge in [-0.2, -0.15) is 0 Å². The monoisotopic (exact) mass is 257 g/mol. The van der Waals surface area contributed by atoms with Crippen LogP contribution in [0.1, 0.15) is 0 Å². The number of ether oxygens (including phenoxy) is 1. The number of methoxy groups -OCH3 is 1. The predicted molar refractivity (Wildman–Crippen MR) is 71.5 cm³/mol. The Kier molecular flexibility index (Phi) is 2.68. The molecule has 18 heavy (non-hydrogen) atoms. The van der Waals surface area contributed by atoms with Gasteiger partial charge in [0.25, 0.3) is 0 Å². The molecule has 0 bridgehead atoms. The zero-order valence-electron chi connectivity index (χ0n) is 9.72. The van der Waals surface area contributed by atoms with Gasteiger partial charge in [0.05, 0.1) is 12.1 Å². The molecule has 0 unspecified atom stereocenters. The van der Waals surface area contributed by atoms with Crippen molar-refractivity contribution in [1.82, 2.24) is 9.55 Å². The molecule has 3 aromatic rings. The van der Waals surface area contributed by atoms with E-state index in [1.807, 2.05) is 41.1 Å². The summed E-state index contributed by atoms with van der Waals surface area (Å²) in [6.07, 6.45) is 3.49. The second-order valence-electron chi connectivity index (χ2n) is 3.85. The van der Waals surface area contributed by atoms with Gasteiger partial charge in [0.2, 0.25) is 0 Å². The van der Waals surface area contributed by atoms with Crippen LogP contribution in [-0.4, -0.2) is 16.7 Å². The van der Waals surface area contributed by atoms with Crippen LogP contribution in [0.3, 0.4) is 0 Å².